The van der Waals surface area contributed by atoms with Crippen LogP contribution in [0.5, 0.6) is 0 Å². The van der Waals surface area contributed by atoms with Gasteiger partial charge in [0.15, 0.2) is 0 Å². The first-order valence-electron chi connectivity index (χ1n) is 6.82. The second-order valence-corrected chi connectivity index (χ2v) is 6.69. The number of nitrogen functional groups attached to an aromatic ring is 1. The molecule has 0 fully saturated rings. The van der Waals surface area contributed by atoms with Crippen molar-refractivity contribution >= 4 is 23.2 Å². The number of hydrogen-bond donors (Lipinski definition) is 1. The van der Waals surface area contributed by atoms with Crippen LogP contribution in [-0.4, -0.2) is 23.9 Å². The molecule has 0 radical (unpaired) electrons. The number of carbonyl (C=O) groups excluding carboxylic acids is 1. The average molecular weight is 293 g/mol. The van der Waals surface area contributed by atoms with Crippen molar-refractivity contribution in [1.29, 1.82) is 0 Å². The van der Waals surface area contributed by atoms with Crippen LogP contribution in [0.15, 0.2) is 29.8 Å². The Morgan fingerprint density at radius 3 is 2.50 bits per heavy atom. The van der Waals surface area contributed by atoms with Crippen LogP contribution in [0.3, 0.4) is 0 Å². The lowest BCUT2D eigenvalue weighted by Crippen LogP contribution is -2.36. The first-order chi connectivity index (χ1) is 9.27. The Morgan fingerprint density at radius 1 is 1.30 bits per heavy atom. The molecule has 1 heterocycles. The van der Waals surface area contributed by atoms with Crippen LogP contribution >= 0.6 is 11.6 Å². The lowest BCUT2D eigenvalue weighted by Gasteiger charge is -2.32. The minimum absolute atomic E-state index is 0.0107. The highest BCUT2D eigenvalue weighted by Gasteiger charge is 2.24. The van der Waals surface area contributed by atoms with Crippen LogP contribution in [-0.2, 0) is 0 Å². The maximum absolute atomic E-state index is 12.4. The van der Waals surface area contributed by atoms with Gasteiger partial charge in [0.25, 0.3) is 5.91 Å². The molecule has 0 saturated heterocycles. The van der Waals surface area contributed by atoms with Gasteiger partial charge in [-0.25, -0.2) is 0 Å². The van der Waals surface area contributed by atoms with Gasteiger partial charge in [0, 0.05) is 29.4 Å². The van der Waals surface area contributed by atoms with E-state index in [2.05, 4.69) is 26.8 Å². The minimum atomic E-state index is -0.0107. The summed E-state index contributed by atoms with van der Waals surface area (Å²) in [5.41, 5.74) is 8.40. The minimum Gasteiger partial charge on any atom is -0.399 e. The second-order valence-electron chi connectivity index (χ2n) is 6.25. The van der Waals surface area contributed by atoms with Crippen LogP contribution in [0.2, 0.25) is 5.02 Å². The third-order valence-electron chi connectivity index (χ3n) is 3.63. The maximum atomic E-state index is 12.4. The number of carbonyl (C=O) groups is 1. The summed E-state index contributed by atoms with van der Waals surface area (Å²) in [6, 6.07) is 4.99. The standard InChI is InChI=1S/C16H21ClN2O/c1-16(2,3)12-4-6-19(7-5-12)15(20)11-8-13(17)10-14(18)9-11/h4,8-10H,5-7,18H2,1-3H3. The van der Waals surface area contributed by atoms with Crippen LogP contribution in [0, 0.1) is 5.41 Å². The van der Waals surface area contributed by atoms with Gasteiger partial charge in [0.05, 0.1) is 0 Å². The molecule has 1 aliphatic heterocycles. The smallest absolute Gasteiger partial charge is 0.254 e. The molecular weight excluding hydrogens is 272 g/mol. The molecule has 0 aliphatic carbocycles. The molecule has 0 aromatic heterocycles. The van der Waals surface area contributed by atoms with E-state index in [1.165, 1.54) is 5.57 Å². The Balaban J connectivity index is 2.14. The quantitative estimate of drug-likeness (QED) is 0.633. The summed E-state index contributed by atoms with van der Waals surface area (Å²) in [6.07, 6.45) is 3.08. The molecule has 1 amide bonds. The summed E-state index contributed by atoms with van der Waals surface area (Å²) in [6.45, 7) is 8.00. The van der Waals surface area contributed by atoms with Crippen LogP contribution in [0.4, 0.5) is 5.69 Å². The number of rotatable bonds is 1. The van der Waals surface area contributed by atoms with Crippen molar-refractivity contribution in [3.63, 3.8) is 0 Å². The summed E-state index contributed by atoms with van der Waals surface area (Å²) in [5, 5.41) is 0.497. The van der Waals surface area contributed by atoms with Gasteiger partial charge in [-0.15, -0.1) is 0 Å². The molecule has 0 spiro atoms. The topological polar surface area (TPSA) is 46.3 Å². The van der Waals surface area contributed by atoms with Crippen molar-refractivity contribution in [2.45, 2.75) is 27.2 Å². The lowest BCUT2D eigenvalue weighted by molar-refractivity contribution is 0.0765. The molecule has 1 aliphatic rings. The Labute approximate surface area is 125 Å². The molecule has 2 N–H and O–H groups in total. The van der Waals surface area contributed by atoms with E-state index in [0.717, 1.165) is 13.0 Å². The summed E-state index contributed by atoms with van der Waals surface area (Å²) in [7, 11) is 0. The maximum Gasteiger partial charge on any atom is 0.254 e. The zero-order chi connectivity index (χ0) is 14.9. The summed E-state index contributed by atoms with van der Waals surface area (Å²) < 4.78 is 0. The molecule has 0 atom stereocenters. The number of hydrogen-bond acceptors (Lipinski definition) is 2. The highest BCUT2D eigenvalue weighted by Crippen LogP contribution is 2.30. The van der Waals surface area contributed by atoms with E-state index < -0.39 is 0 Å². The molecule has 0 bridgehead atoms. The molecule has 0 unspecified atom stereocenters. The van der Waals surface area contributed by atoms with Crippen molar-refractivity contribution in [2.75, 3.05) is 18.8 Å². The van der Waals surface area contributed by atoms with Crippen LogP contribution in [0.25, 0.3) is 0 Å². The van der Waals surface area contributed by atoms with Crippen LogP contribution in [0.1, 0.15) is 37.6 Å². The predicted octanol–water partition coefficient (Wildman–Crippen LogP) is 3.74. The Bertz CT molecular complexity index is 538. The monoisotopic (exact) mass is 292 g/mol. The fourth-order valence-corrected chi connectivity index (χ4v) is 2.70. The van der Waals surface area contributed by atoms with Crippen molar-refractivity contribution in [3.05, 3.63) is 40.4 Å². The van der Waals surface area contributed by atoms with E-state index in [1.54, 1.807) is 18.2 Å². The third kappa shape index (κ3) is 3.34. The van der Waals surface area contributed by atoms with E-state index in [1.807, 2.05) is 4.90 Å². The second kappa shape index (κ2) is 5.49. The van der Waals surface area contributed by atoms with Gasteiger partial charge in [-0.2, -0.15) is 0 Å². The first-order valence-corrected chi connectivity index (χ1v) is 7.20. The van der Waals surface area contributed by atoms with E-state index in [0.29, 0.717) is 22.8 Å². The highest BCUT2D eigenvalue weighted by atomic mass is 35.5. The van der Waals surface area contributed by atoms with E-state index in [9.17, 15) is 4.79 Å². The Kier molecular flexibility index (Phi) is 4.09. The molecule has 1 aromatic carbocycles. The number of benzene rings is 1. The van der Waals surface area contributed by atoms with E-state index in [4.69, 9.17) is 17.3 Å². The molecule has 3 nitrogen and oxygen atoms in total. The first kappa shape index (κ1) is 14.9. The normalized spacial score (nSPS) is 16.0. The predicted molar refractivity (Wildman–Crippen MR) is 83.9 cm³/mol. The van der Waals surface area contributed by atoms with Gasteiger partial charge >= 0.3 is 0 Å². The molecular formula is C16H21ClN2O. The summed E-state index contributed by atoms with van der Waals surface area (Å²) in [5.74, 6) is -0.0107. The number of nitrogens with two attached hydrogens (primary N) is 1. The third-order valence-corrected chi connectivity index (χ3v) is 3.84. The van der Waals surface area contributed by atoms with Crippen molar-refractivity contribution in [3.8, 4) is 0 Å². The molecule has 108 valence electrons. The molecule has 4 heteroatoms. The van der Waals surface area contributed by atoms with Crippen molar-refractivity contribution in [1.82, 2.24) is 4.90 Å². The summed E-state index contributed by atoms with van der Waals surface area (Å²) in [4.78, 5) is 14.3. The van der Waals surface area contributed by atoms with Gasteiger partial charge in [0.1, 0.15) is 0 Å². The lowest BCUT2D eigenvalue weighted by atomic mass is 9.83. The van der Waals surface area contributed by atoms with Crippen molar-refractivity contribution in [2.24, 2.45) is 5.41 Å². The molecule has 20 heavy (non-hydrogen) atoms. The highest BCUT2D eigenvalue weighted by molar-refractivity contribution is 6.31. The fourth-order valence-electron chi connectivity index (χ4n) is 2.45. The number of nitrogens with zero attached hydrogens (tertiary/aromatic N) is 1. The number of amides is 1. The zero-order valence-electron chi connectivity index (χ0n) is 12.2. The molecule has 1 aromatic rings. The van der Waals surface area contributed by atoms with Gasteiger partial charge < -0.3 is 10.6 Å². The van der Waals surface area contributed by atoms with Gasteiger partial charge in [-0.3, -0.25) is 4.79 Å². The van der Waals surface area contributed by atoms with Gasteiger partial charge in [0.2, 0.25) is 0 Å². The fraction of sp³-hybridized carbons (Fsp3) is 0.438. The zero-order valence-corrected chi connectivity index (χ0v) is 13.0. The van der Waals surface area contributed by atoms with Gasteiger partial charge in [-0.1, -0.05) is 44.0 Å². The number of anilines is 1. The van der Waals surface area contributed by atoms with Crippen LogP contribution < -0.4 is 5.73 Å². The van der Waals surface area contributed by atoms with Gasteiger partial charge in [-0.05, 0) is 30.0 Å². The summed E-state index contributed by atoms with van der Waals surface area (Å²) >= 11 is 5.95. The van der Waals surface area contributed by atoms with E-state index >= 15 is 0 Å². The van der Waals surface area contributed by atoms with E-state index in [-0.39, 0.29) is 11.3 Å². The molecule has 0 saturated carbocycles. The Morgan fingerprint density at radius 2 is 2.00 bits per heavy atom. The molecule has 2 rings (SSSR count). The average Bonchev–Trinajstić information content (AvgIpc) is 2.36. The SMILES string of the molecule is CC(C)(C)C1=CCN(C(=O)c2cc(N)cc(Cl)c2)CC1. The Hall–Kier alpha value is -1.48. The largest absolute Gasteiger partial charge is 0.399 e. The van der Waals surface area contributed by atoms with Crippen molar-refractivity contribution < 1.29 is 4.79 Å². The number of halogens is 1.